The van der Waals surface area contributed by atoms with E-state index in [4.69, 9.17) is 4.74 Å². The van der Waals surface area contributed by atoms with Crippen LogP contribution in [0.4, 0.5) is 0 Å². The smallest absolute Gasteiger partial charge is 0.269 e. The minimum Gasteiger partial charge on any atom is -0.380 e. The van der Waals surface area contributed by atoms with Crippen LogP contribution in [0, 0.1) is 6.92 Å². The Bertz CT molecular complexity index is 666. The van der Waals surface area contributed by atoms with Crippen LogP contribution in [0.3, 0.4) is 0 Å². The number of rotatable bonds is 4. The molecule has 2 aromatic rings. The fraction of sp³-hybridized carbons (Fsp3) is 0.176. The summed E-state index contributed by atoms with van der Waals surface area (Å²) in [5, 5.41) is 0. The zero-order valence-electron chi connectivity index (χ0n) is 12.6. The molecule has 0 fully saturated rings. The van der Waals surface area contributed by atoms with Crippen molar-refractivity contribution in [1.82, 2.24) is 10.9 Å². The van der Waals surface area contributed by atoms with Crippen LogP contribution in [0.15, 0.2) is 48.5 Å². The molecule has 0 heterocycles. The second kappa shape index (κ2) is 7.38. The first kappa shape index (κ1) is 15.7. The first-order valence-electron chi connectivity index (χ1n) is 6.86. The van der Waals surface area contributed by atoms with Gasteiger partial charge in [-0.3, -0.25) is 20.4 Å². The normalized spacial score (nSPS) is 10.1. The molecule has 0 radical (unpaired) electrons. The molecule has 0 bridgehead atoms. The Morgan fingerprint density at radius 3 is 2.23 bits per heavy atom. The number of benzene rings is 2. The fourth-order valence-electron chi connectivity index (χ4n) is 2.00. The average molecular weight is 298 g/mol. The van der Waals surface area contributed by atoms with E-state index in [2.05, 4.69) is 10.9 Å². The summed E-state index contributed by atoms with van der Waals surface area (Å²) in [5.41, 5.74) is 7.63. The number of nitrogens with one attached hydrogen (secondary N) is 2. The summed E-state index contributed by atoms with van der Waals surface area (Å²) in [6, 6.07) is 14.2. The lowest BCUT2D eigenvalue weighted by Gasteiger charge is -2.09. The number of hydrazine groups is 1. The van der Waals surface area contributed by atoms with Crippen molar-refractivity contribution in [3.63, 3.8) is 0 Å². The maximum Gasteiger partial charge on any atom is 0.269 e. The second-order valence-electron chi connectivity index (χ2n) is 4.85. The molecule has 0 aliphatic heterocycles. The molecule has 2 aromatic carbocycles. The van der Waals surface area contributed by atoms with E-state index < -0.39 is 0 Å². The zero-order valence-corrected chi connectivity index (χ0v) is 12.6. The van der Waals surface area contributed by atoms with Crippen LogP contribution < -0.4 is 10.9 Å². The monoisotopic (exact) mass is 298 g/mol. The lowest BCUT2D eigenvalue weighted by molar-refractivity contribution is 0.0846. The molecule has 2 N–H and O–H groups in total. The van der Waals surface area contributed by atoms with Gasteiger partial charge in [-0.05, 0) is 36.2 Å². The van der Waals surface area contributed by atoms with Crippen LogP contribution in [-0.4, -0.2) is 18.9 Å². The number of methoxy groups -OCH3 is 1. The standard InChI is InChI=1S/C17H18N2O3/c1-12-5-3-4-6-15(12)17(21)19-18-16(20)14-9-7-13(8-10-14)11-22-2/h3-10H,11H2,1-2H3,(H,18,20)(H,19,21). The van der Waals surface area contributed by atoms with Crippen LogP contribution >= 0.6 is 0 Å². The van der Waals surface area contributed by atoms with Crippen LogP contribution in [-0.2, 0) is 11.3 Å². The maximum atomic E-state index is 12.0. The molecule has 0 aliphatic rings. The Morgan fingerprint density at radius 2 is 1.59 bits per heavy atom. The summed E-state index contributed by atoms with van der Waals surface area (Å²) in [7, 11) is 1.61. The number of carbonyl (C=O) groups excluding carboxylic acids is 2. The molecular formula is C17H18N2O3. The molecule has 0 spiro atoms. The zero-order chi connectivity index (χ0) is 15.9. The summed E-state index contributed by atoms with van der Waals surface area (Å²) in [5.74, 6) is -0.714. The number of hydrogen-bond donors (Lipinski definition) is 2. The van der Waals surface area contributed by atoms with Crippen molar-refractivity contribution in [2.45, 2.75) is 13.5 Å². The third kappa shape index (κ3) is 3.93. The van der Waals surface area contributed by atoms with E-state index in [0.29, 0.717) is 17.7 Å². The van der Waals surface area contributed by atoms with Crippen LogP contribution in [0.2, 0.25) is 0 Å². The maximum absolute atomic E-state index is 12.0. The molecule has 5 nitrogen and oxygen atoms in total. The van der Waals surface area contributed by atoms with Crippen molar-refractivity contribution >= 4 is 11.8 Å². The van der Waals surface area contributed by atoms with Gasteiger partial charge < -0.3 is 4.74 Å². The van der Waals surface area contributed by atoms with E-state index in [9.17, 15) is 9.59 Å². The van der Waals surface area contributed by atoms with Gasteiger partial charge in [-0.1, -0.05) is 30.3 Å². The Balaban J connectivity index is 1.95. The Morgan fingerprint density at radius 1 is 0.955 bits per heavy atom. The van der Waals surface area contributed by atoms with Crippen LogP contribution in [0.5, 0.6) is 0 Å². The van der Waals surface area contributed by atoms with Crippen LogP contribution in [0.1, 0.15) is 31.8 Å². The van der Waals surface area contributed by atoms with Gasteiger partial charge in [0.1, 0.15) is 0 Å². The lowest BCUT2D eigenvalue weighted by atomic mass is 10.1. The molecule has 114 valence electrons. The van der Waals surface area contributed by atoms with E-state index >= 15 is 0 Å². The van der Waals surface area contributed by atoms with E-state index in [1.807, 2.05) is 31.2 Å². The van der Waals surface area contributed by atoms with E-state index in [1.54, 1.807) is 31.4 Å². The quantitative estimate of drug-likeness (QED) is 0.850. The summed E-state index contributed by atoms with van der Waals surface area (Å²) in [6.07, 6.45) is 0. The molecule has 2 rings (SSSR count). The molecular weight excluding hydrogens is 280 g/mol. The summed E-state index contributed by atoms with van der Waals surface area (Å²) < 4.78 is 5.01. The number of ether oxygens (including phenoxy) is 1. The van der Waals surface area contributed by atoms with E-state index in [0.717, 1.165) is 11.1 Å². The van der Waals surface area contributed by atoms with Gasteiger partial charge in [0.15, 0.2) is 0 Å². The molecule has 22 heavy (non-hydrogen) atoms. The SMILES string of the molecule is COCc1ccc(C(=O)NNC(=O)c2ccccc2C)cc1. The predicted molar refractivity (Wildman–Crippen MR) is 83.3 cm³/mol. The minimum atomic E-state index is -0.370. The Hall–Kier alpha value is -2.66. The number of carbonyl (C=O) groups is 2. The number of aryl methyl sites for hydroxylation is 1. The highest BCUT2D eigenvalue weighted by molar-refractivity contribution is 5.99. The highest BCUT2D eigenvalue weighted by atomic mass is 16.5. The molecule has 0 aliphatic carbocycles. The first-order valence-corrected chi connectivity index (χ1v) is 6.86. The molecule has 0 unspecified atom stereocenters. The molecule has 0 saturated carbocycles. The van der Waals surface area contributed by atoms with Crippen molar-refractivity contribution in [3.8, 4) is 0 Å². The van der Waals surface area contributed by atoms with Crippen LogP contribution in [0.25, 0.3) is 0 Å². The van der Waals surface area contributed by atoms with Gasteiger partial charge >= 0.3 is 0 Å². The van der Waals surface area contributed by atoms with E-state index in [1.165, 1.54) is 0 Å². The van der Waals surface area contributed by atoms with Crippen molar-refractivity contribution in [2.24, 2.45) is 0 Å². The van der Waals surface area contributed by atoms with E-state index in [-0.39, 0.29) is 11.8 Å². The molecule has 5 heteroatoms. The van der Waals surface area contributed by atoms with Gasteiger partial charge in [0.05, 0.1) is 6.61 Å². The number of amides is 2. The second-order valence-corrected chi connectivity index (χ2v) is 4.85. The topological polar surface area (TPSA) is 67.4 Å². The third-order valence-corrected chi connectivity index (χ3v) is 3.21. The highest BCUT2D eigenvalue weighted by Crippen LogP contribution is 2.07. The lowest BCUT2D eigenvalue weighted by Crippen LogP contribution is -2.41. The molecule has 0 saturated heterocycles. The average Bonchev–Trinajstić information content (AvgIpc) is 2.54. The van der Waals surface area contributed by atoms with Gasteiger partial charge in [0.2, 0.25) is 0 Å². The summed E-state index contributed by atoms with van der Waals surface area (Å²) >= 11 is 0. The van der Waals surface area contributed by atoms with Crippen molar-refractivity contribution in [3.05, 3.63) is 70.8 Å². The first-order chi connectivity index (χ1) is 10.6. The largest absolute Gasteiger partial charge is 0.380 e. The summed E-state index contributed by atoms with van der Waals surface area (Å²) in [6.45, 7) is 2.33. The Labute approximate surface area is 129 Å². The van der Waals surface area contributed by atoms with Crippen molar-refractivity contribution < 1.29 is 14.3 Å². The predicted octanol–water partition coefficient (Wildman–Crippen LogP) is 2.22. The molecule has 0 aromatic heterocycles. The van der Waals surface area contributed by atoms with Gasteiger partial charge in [-0.15, -0.1) is 0 Å². The summed E-state index contributed by atoms with van der Waals surface area (Å²) in [4.78, 5) is 24.0. The fourth-order valence-corrected chi connectivity index (χ4v) is 2.00. The highest BCUT2D eigenvalue weighted by Gasteiger charge is 2.10. The van der Waals surface area contributed by atoms with Gasteiger partial charge in [-0.25, -0.2) is 0 Å². The molecule has 2 amide bonds. The van der Waals surface area contributed by atoms with Gasteiger partial charge in [0, 0.05) is 18.2 Å². The van der Waals surface area contributed by atoms with Gasteiger partial charge in [-0.2, -0.15) is 0 Å². The third-order valence-electron chi connectivity index (χ3n) is 3.21. The van der Waals surface area contributed by atoms with Gasteiger partial charge in [0.25, 0.3) is 11.8 Å². The Kier molecular flexibility index (Phi) is 5.27. The van der Waals surface area contributed by atoms with Crippen molar-refractivity contribution in [1.29, 1.82) is 0 Å². The number of hydrogen-bond acceptors (Lipinski definition) is 3. The molecule has 0 atom stereocenters. The minimum absolute atomic E-state index is 0.345. The van der Waals surface area contributed by atoms with Crippen molar-refractivity contribution in [2.75, 3.05) is 7.11 Å².